The third-order valence-electron chi connectivity index (χ3n) is 3.42. The highest BCUT2D eigenvalue weighted by Crippen LogP contribution is 2.26. The van der Waals surface area contributed by atoms with E-state index in [0.717, 1.165) is 0 Å². The maximum atomic E-state index is 11.8. The molecule has 1 atom stereocenters. The number of carbonyl (C=O) groups excluding carboxylic acids is 1. The Hall–Kier alpha value is -1.76. The number of benzene rings is 1. The van der Waals surface area contributed by atoms with Crippen molar-refractivity contribution in [3.63, 3.8) is 0 Å². The standard InChI is InChI=1S/C15H21NO5S/c1-2-20-13-5-3-4-6-14(13)21-10-15(17)16-9-12-7-8-22(18,19)11-12/h3-6,12H,2,7-11H2,1H3,(H,16,17)/t12-/m0/s1. The number of para-hydroxylation sites is 2. The topological polar surface area (TPSA) is 81.7 Å². The van der Waals surface area contributed by atoms with Gasteiger partial charge >= 0.3 is 0 Å². The normalized spacial score (nSPS) is 19.6. The molecule has 0 aromatic heterocycles. The molecule has 2 rings (SSSR count). The van der Waals surface area contributed by atoms with Gasteiger partial charge in [-0.25, -0.2) is 8.42 Å². The number of carbonyl (C=O) groups is 1. The van der Waals surface area contributed by atoms with Crippen molar-refractivity contribution < 1.29 is 22.7 Å². The fourth-order valence-corrected chi connectivity index (χ4v) is 4.19. The van der Waals surface area contributed by atoms with E-state index in [-0.39, 0.29) is 29.9 Å². The Morgan fingerprint density at radius 2 is 1.95 bits per heavy atom. The van der Waals surface area contributed by atoms with Crippen LogP contribution in [0.1, 0.15) is 13.3 Å². The molecule has 1 fully saturated rings. The van der Waals surface area contributed by atoms with Crippen LogP contribution in [-0.4, -0.2) is 45.6 Å². The molecule has 0 aliphatic carbocycles. The highest BCUT2D eigenvalue weighted by atomic mass is 32.2. The van der Waals surface area contributed by atoms with Crippen molar-refractivity contribution >= 4 is 15.7 Å². The summed E-state index contributed by atoms with van der Waals surface area (Å²) in [5.41, 5.74) is 0. The van der Waals surface area contributed by atoms with E-state index in [2.05, 4.69) is 5.32 Å². The first-order valence-corrected chi connectivity index (χ1v) is 9.14. The Labute approximate surface area is 130 Å². The van der Waals surface area contributed by atoms with E-state index in [1.165, 1.54) is 0 Å². The zero-order valence-corrected chi connectivity index (χ0v) is 13.4. The predicted molar refractivity (Wildman–Crippen MR) is 82.9 cm³/mol. The van der Waals surface area contributed by atoms with Gasteiger partial charge in [0.15, 0.2) is 27.9 Å². The zero-order chi connectivity index (χ0) is 16.0. The number of hydrogen-bond acceptors (Lipinski definition) is 5. The smallest absolute Gasteiger partial charge is 0.257 e. The van der Waals surface area contributed by atoms with Crippen molar-refractivity contribution in [3.05, 3.63) is 24.3 Å². The van der Waals surface area contributed by atoms with Gasteiger partial charge in [0.25, 0.3) is 5.91 Å². The van der Waals surface area contributed by atoms with Gasteiger partial charge in [-0.05, 0) is 31.4 Å². The molecule has 7 heteroatoms. The first kappa shape index (κ1) is 16.6. The lowest BCUT2D eigenvalue weighted by Crippen LogP contribution is -2.33. The molecule has 1 aromatic rings. The van der Waals surface area contributed by atoms with Gasteiger partial charge in [-0.15, -0.1) is 0 Å². The van der Waals surface area contributed by atoms with E-state index in [9.17, 15) is 13.2 Å². The number of ether oxygens (including phenoxy) is 2. The lowest BCUT2D eigenvalue weighted by Gasteiger charge is -2.12. The van der Waals surface area contributed by atoms with Gasteiger partial charge in [-0.1, -0.05) is 12.1 Å². The van der Waals surface area contributed by atoms with Crippen molar-refractivity contribution in [3.8, 4) is 11.5 Å². The summed E-state index contributed by atoms with van der Waals surface area (Å²) in [7, 11) is -2.91. The van der Waals surface area contributed by atoms with E-state index >= 15 is 0 Å². The lowest BCUT2D eigenvalue weighted by molar-refractivity contribution is -0.123. The Morgan fingerprint density at radius 3 is 2.55 bits per heavy atom. The second-order valence-corrected chi connectivity index (χ2v) is 7.47. The summed E-state index contributed by atoms with van der Waals surface area (Å²) < 4.78 is 33.6. The predicted octanol–water partition coefficient (Wildman–Crippen LogP) is 1.01. The molecule has 0 bridgehead atoms. The minimum Gasteiger partial charge on any atom is -0.490 e. The fraction of sp³-hybridized carbons (Fsp3) is 0.533. The molecule has 1 aliphatic rings. The number of amides is 1. The van der Waals surface area contributed by atoms with Gasteiger partial charge in [0.05, 0.1) is 18.1 Å². The molecule has 0 unspecified atom stereocenters. The summed E-state index contributed by atoms with van der Waals surface area (Å²) in [6, 6.07) is 7.15. The van der Waals surface area contributed by atoms with Crippen LogP contribution in [-0.2, 0) is 14.6 Å². The van der Waals surface area contributed by atoms with E-state index in [0.29, 0.717) is 31.1 Å². The first-order valence-electron chi connectivity index (χ1n) is 7.32. The van der Waals surface area contributed by atoms with Crippen LogP contribution in [0.3, 0.4) is 0 Å². The summed E-state index contributed by atoms with van der Waals surface area (Å²) >= 11 is 0. The van der Waals surface area contributed by atoms with Crippen molar-refractivity contribution in [1.82, 2.24) is 5.32 Å². The minimum atomic E-state index is -2.91. The molecular formula is C15H21NO5S. The third kappa shape index (κ3) is 4.91. The second kappa shape index (κ2) is 7.49. The van der Waals surface area contributed by atoms with Crippen LogP contribution in [0.25, 0.3) is 0 Å². The molecule has 6 nitrogen and oxygen atoms in total. The van der Waals surface area contributed by atoms with Gasteiger partial charge in [-0.2, -0.15) is 0 Å². The molecule has 22 heavy (non-hydrogen) atoms. The van der Waals surface area contributed by atoms with Gasteiger partial charge in [0, 0.05) is 6.54 Å². The summed E-state index contributed by atoms with van der Waals surface area (Å²) in [5.74, 6) is 1.22. The van der Waals surface area contributed by atoms with Crippen LogP contribution in [0.2, 0.25) is 0 Å². The quantitative estimate of drug-likeness (QED) is 0.808. The van der Waals surface area contributed by atoms with Crippen molar-refractivity contribution in [2.75, 3.05) is 31.3 Å². The summed E-state index contributed by atoms with van der Waals surface area (Å²) in [6.45, 7) is 2.64. The molecule has 0 saturated carbocycles. The van der Waals surface area contributed by atoms with Crippen LogP contribution in [0.5, 0.6) is 11.5 Å². The number of hydrogen-bond donors (Lipinski definition) is 1. The number of rotatable bonds is 7. The third-order valence-corrected chi connectivity index (χ3v) is 5.26. The Kier molecular flexibility index (Phi) is 5.65. The van der Waals surface area contributed by atoms with Crippen molar-refractivity contribution in [2.24, 2.45) is 5.92 Å². The highest BCUT2D eigenvalue weighted by molar-refractivity contribution is 7.91. The molecule has 1 amide bonds. The average molecular weight is 327 g/mol. The van der Waals surface area contributed by atoms with Crippen molar-refractivity contribution in [2.45, 2.75) is 13.3 Å². The maximum Gasteiger partial charge on any atom is 0.257 e. The number of nitrogens with one attached hydrogen (secondary N) is 1. The van der Waals surface area contributed by atoms with Crippen LogP contribution in [0.15, 0.2) is 24.3 Å². The Bertz CT molecular complexity index is 614. The summed E-state index contributed by atoms with van der Waals surface area (Å²) in [4.78, 5) is 11.8. The molecule has 1 aliphatic heterocycles. The first-order chi connectivity index (χ1) is 10.5. The zero-order valence-electron chi connectivity index (χ0n) is 12.6. The summed E-state index contributed by atoms with van der Waals surface area (Å²) in [5, 5.41) is 2.71. The van der Waals surface area contributed by atoms with Gasteiger partial charge < -0.3 is 14.8 Å². The van der Waals surface area contributed by atoms with E-state index in [1.54, 1.807) is 18.2 Å². The molecule has 1 heterocycles. The van der Waals surface area contributed by atoms with Crippen LogP contribution in [0, 0.1) is 5.92 Å². The molecule has 1 N–H and O–H groups in total. The summed E-state index contributed by atoms with van der Waals surface area (Å²) in [6.07, 6.45) is 0.608. The maximum absolute atomic E-state index is 11.8. The Morgan fingerprint density at radius 1 is 1.27 bits per heavy atom. The van der Waals surface area contributed by atoms with Crippen LogP contribution in [0.4, 0.5) is 0 Å². The van der Waals surface area contributed by atoms with E-state index < -0.39 is 9.84 Å². The SMILES string of the molecule is CCOc1ccccc1OCC(=O)NC[C@@H]1CCS(=O)(=O)C1. The van der Waals surface area contributed by atoms with Crippen LogP contribution < -0.4 is 14.8 Å². The van der Waals surface area contributed by atoms with Gasteiger partial charge in [0.1, 0.15) is 0 Å². The van der Waals surface area contributed by atoms with E-state index in [1.807, 2.05) is 13.0 Å². The average Bonchev–Trinajstić information content (AvgIpc) is 2.84. The van der Waals surface area contributed by atoms with Gasteiger partial charge in [-0.3, -0.25) is 4.79 Å². The second-order valence-electron chi connectivity index (χ2n) is 5.24. The molecule has 0 spiro atoms. The highest BCUT2D eigenvalue weighted by Gasteiger charge is 2.27. The van der Waals surface area contributed by atoms with Crippen LogP contribution >= 0.6 is 0 Å². The van der Waals surface area contributed by atoms with E-state index in [4.69, 9.17) is 9.47 Å². The fourth-order valence-electron chi connectivity index (χ4n) is 2.33. The molecule has 1 aromatic carbocycles. The Balaban J connectivity index is 1.76. The lowest BCUT2D eigenvalue weighted by atomic mass is 10.1. The minimum absolute atomic E-state index is 0.00432. The van der Waals surface area contributed by atoms with Crippen molar-refractivity contribution in [1.29, 1.82) is 0 Å². The molecule has 122 valence electrons. The molecular weight excluding hydrogens is 306 g/mol. The molecule has 1 saturated heterocycles. The van der Waals surface area contributed by atoms with Gasteiger partial charge in [0.2, 0.25) is 0 Å². The number of sulfone groups is 1. The largest absolute Gasteiger partial charge is 0.490 e. The molecule has 0 radical (unpaired) electrons. The monoisotopic (exact) mass is 327 g/mol.